The van der Waals surface area contributed by atoms with Gasteiger partial charge in [0, 0.05) is 18.8 Å². The third kappa shape index (κ3) is 3.69. The number of hydrogen-bond acceptors (Lipinski definition) is 3. The summed E-state index contributed by atoms with van der Waals surface area (Å²) in [7, 11) is 0. The average molecular weight is 317 g/mol. The number of hydrogen-bond donors (Lipinski definition) is 0. The van der Waals surface area contributed by atoms with E-state index in [4.69, 9.17) is 10.5 Å². The molecule has 0 bridgehead atoms. The van der Waals surface area contributed by atoms with Crippen LogP contribution in [0.15, 0.2) is 41.5 Å². The maximum atomic E-state index is 9.07. The van der Waals surface area contributed by atoms with Gasteiger partial charge in [0.15, 0.2) is 0 Å². The van der Waals surface area contributed by atoms with E-state index in [1.807, 2.05) is 18.2 Å². The molecule has 1 saturated heterocycles. The molecular weight excluding hydrogens is 294 g/mol. The summed E-state index contributed by atoms with van der Waals surface area (Å²) >= 11 is 0. The van der Waals surface area contributed by atoms with Crippen molar-refractivity contribution < 1.29 is 0 Å². The van der Waals surface area contributed by atoms with Crippen LogP contribution < -0.4 is 4.90 Å². The maximum Gasteiger partial charge on any atom is 0.132 e. The Kier molecular flexibility index (Phi) is 5.34. The standard InChI is InChI=1S/C21H23N3/c22-15-20(16-23)19-7-5-6-18(14-19)17-8-10-21(11-9-17)24-12-3-1-2-4-13-24/h8-11,14H,1-7,12-13H2. The van der Waals surface area contributed by atoms with E-state index >= 15 is 0 Å². The minimum absolute atomic E-state index is 0.258. The Hall–Kier alpha value is -2.52. The van der Waals surface area contributed by atoms with E-state index in [1.54, 1.807) is 0 Å². The number of nitriles is 2. The van der Waals surface area contributed by atoms with E-state index in [2.05, 4.69) is 29.2 Å². The van der Waals surface area contributed by atoms with E-state index < -0.39 is 0 Å². The van der Waals surface area contributed by atoms with Crippen LogP contribution in [0.3, 0.4) is 0 Å². The molecule has 3 heteroatoms. The Morgan fingerprint density at radius 1 is 0.833 bits per heavy atom. The van der Waals surface area contributed by atoms with E-state index in [0.29, 0.717) is 0 Å². The molecule has 2 aliphatic rings. The average Bonchev–Trinajstić information content (AvgIpc) is 2.93. The molecule has 0 N–H and O–H groups in total. The highest BCUT2D eigenvalue weighted by Crippen LogP contribution is 2.32. The van der Waals surface area contributed by atoms with Gasteiger partial charge in [0.2, 0.25) is 0 Å². The molecule has 0 unspecified atom stereocenters. The van der Waals surface area contributed by atoms with Crippen molar-refractivity contribution >= 4 is 11.3 Å². The number of anilines is 1. The maximum absolute atomic E-state index is 9.07. The lowest BCUT2D eigenvalue weighted by molar-refractivity contribution is 0.726. The fraction of sp³-hybridized carbons (Fsp3) is 0.429. The van der Waals surface area contributed by atoms with Crippen LogP contribution in [-0.2, 0) is 0 Å². The molecule has 1 aromatic carbocycles. The second-order valence-corrected chi connectivity index (χ2v) is 6.60. The van der Waals surface area contributed by atoms with Gasteiger partial charge < -0.3 is 4.90 Å². The van der Waals surface area contributed by atoms with Crippen LogP contribution in [0.1, 0.15) is 50.5 Å². The summed E-state index contributed by atoms with van der Waals surface area (Å²) < 4.78 is 0. The lowest BCUT2D eigenvalue weighted by Crippen LogP contribution is -2.23. The minimum Gasteiger partial charge on any atom is -0.372 e. The molecule has 1 fully saturated rings. The summed E-state index contributed by atoms with van der Waals surface area (Å²) in [5, 5.41) is 18.1. The third-order valence-corrected chi connectivity index (χ3v) is 4.99. The van der Waals surface area contributed by atoms with E-state index in [0.717, 1.165) is 37.9 Å². The van der Waals surface area contributed by atoms with Gasteiger partial charge in [0.05, 0.1) is 0 Å². The topological polar surface area (TPSA) is 50.8 Å². The quantitative estimate of drug-likeness (QED) is 0.723. The number of nitrogens with zero attached hydrogens (tertiary/aromatic N) is 3. The SMILES string of the molecule is N#CC(C#N)=C1C=C(c2ccc(N3CCCCCC3)cc2)CCC1. The first kappa shape index (κ1) is 16.3. The van der Waals surface area contributed by atoms with Crippen LogP contribution in [-0.4, -0.2) is 13.1 Å². The first-order chi connectivity index (χ1) is 11.8. The monoisotopic (exact) mass is 317 g/mol. The summed E-state index contributed by atoms with van der Waals surface area (Å²) in [5.41, 5.74) is 4.90. The van der Waals surface area contributed by atoms with Crippen LogP contribution in [0, 0.1) is 22.7 Å². The molecule has 122 valence electrons. The largest absolute Gasteiger partial charge is 0.372 e. The van der Waals surface area contributed by atoms with E-state index in [1.165, 1.54) is 42.5 Å². The van der Waals surface area contributed by atoms with Gasteiger partial charge in [0.1, 0.15) is 17.7 Å². The molecule has 0 aromatic heterocycles. The van der Waals surface area contributed by atoms with Gasteiger partial charge in [-0.1, -0.05) is 31.1 Å². The summed E-state index contributed by atoms with van der Waals surface area (Å²) in [4.78, 5) is 2.49. The first-order valence-electron chi connectivity index (χ1n) is 8.91. The molecule has 1 aliphatic heterocycles. The Bertz CT molecular complexity index is 702. The van der Waals surface area contributed by atoms with Crippen LogP contribution in [0.4, 0.5) is 5.69 Å². The van der Waals surface area contributed by atoms with Crippen LogP contribution in [0.25, 0.3) is 5.57 Å². The van der Waals surface area contributed by atoms with Crippen molar-refractivity contribution in [3.05, 3.63) is 47.1 Å². The molecule has 0 amide bonds. The lowest BCUT2D eigenvalue weighted by atomic mass is 9.89. The second-order valence-electron chi connectivity index (χ2n) is 6.60. The predicted molar refractivity (Wildman–Crippen MR) is 97.2 cm³/mol. The van der Waals surface area contributed by atoms with E-state index in [9.17, 15) is 0 Å². The van der Waals surface area contributed by atoms with Gasteiger partial charge in [-0.05, 0) is 60.9 Å². The second kappa shape index (κ2) is 7.84. The Balaban J connectivity index is 1.82. The molecular formula is C21H23N3. The molecule has 24 heavy (non-hydrogen) atoms. The van der Waals surface area contributed by atoms with Crippen molar-refractivity contribution in [2.45, 2.75) is 44.9 Å². The van der Waals surface area contributed by atoms with Gasteiger partial charge in [-0.15, -0.1) is 0 Å². The predicted octanol–water partition coefficient (Wildman–Crippen LogP) is 4.98. The van der Waals surface area contributed by atoms with Gasteiger partial charge >= 0.3 is 0 Å². The molecule has 0 radical (unpaired) electrons. The van der Waals surface area contributed by atoms with Gasteiger partial charge in [-0.3, -0.25) is 0 Å². The third-order valence-electron chi connectivity index (χ3n) is 4.99. The van der Waals surface area contributed by atoms with Crippen molar-refractivity contribution in [2.24, 2.45) is 0 Å². The van der Waals surface area contributed by atoms with Crippen molar-refractivity contribution in [3.8, 4) is 12.1 Å². The molecule has 0 saturated carbocycles. The van der Waals surface area contributed by atoms with E-state index in [-0.39, 0.29) is 5.57 Å². The zero-order valence-corrected chi connectivity index (χ0v) is 14.1. The molecule has 3 rings (SSSR count). The van der Waals surface area contributed by atoms with Crippen molar-refractivity contribution in [1.29, 1.82) is 10.5 Å². The van der Waals surface area contributed by atoms with Crippen LogP contribution in [0.5, 0.6) is 0 Å². The Morgan fingerprint density at radius 2 is 1.50 bits per heavy atom. The highest BCUT2D eigenvalue weighted by molar-refractivity contribution is 5.72. The zero-order valence-electron chi connectivity index (χ0n) is 14.1. The van der Waals surface area contributed by atoms with Crippen LogP contribution in [0.2, 0.25) is 0 Å². The van der Waals surface area contributed by atoms with Crippen LogP contribution >= 0.6 is 0 Å². The van der Waals surface area contributed by atoms with Gasteiger partial charge in [-0.25, -0.2) is 0 Å². The van der Waals surface area contributed by atoms with Gasteiger partial charge in [-0.2, -0.15) is 10.5 Å². The number of allylic oxidation sites excluding steroid dienone is 4. The molecule has 1 aromatic rings. The molecule has 3 nitrogen and oxygen atoms in total. The molecule has 0 atom stereocenters. The molecule has 0 spiro atoms. The van der Waals surface area contributed by atoms with Crippen molar-refractivity contribution in [2.75, 3.05) is 18.0 Å². The smallest absolute Gasteiger partial charge is 0.132 e. The van der Waals surface area contributed by atoms with Gasteiger partial charge in [0.25, 0.3) is 0 Å². The van der Waals surface area contributed by atoms with Crippen molar-refractivity contribution in [1.82, 2.24) is 0 Å². The lowest BCUT2D eigenvalue weighted by Gasteiger charge is -2.23. The molecule has 1 heterocycles. The Labute approximate surface area is 144 Å². The fourth-order valence-electron chi connectivity index (χ4n) is 3.63. The number of rotatable bonds is 2. The highest BCUT2D eigenvalue weighted by atomic mass is 15.1. The summed E-state index contributed by atoms with van der Waals surface area (Å²) in [6, 6.07) is 12.8. The normalized spacial score (nSPS) is 18.2. The number of benzene rings is 1. The highest BCUT2D eigenvalue weighted by Gasteiger charge is 2.14. The Morgan fingerprint density at radius 3 is 2.12 bits per heavy atom. The summed E-state index contributed by atoms with van der Waals surface area (Å²) in [6.07, 6.45) is 10.1. The fourth-order valence-corrected chi connectivity index (χ4v) is 3.63. The zero-order chi connectivity index (χ0) is 16.8. The summed E-state index contributed by atoms with van der Waals surface area (Å²) in [6.45, 7) is 2.31. The molecule has 1 aliphatic carbocycles. The first-order valence-corrected chi connectivity index (χ1v) is 8.91. The summed E-state index contributed by atoms with van der Waals surface area (Å²) in [5.74, 6) is 0. The van der Waals surface area contributed by atoms with Crippen molar-refractivity contribution in [3.63, 3.8) is 0 Å². The minimum atomic E-state index is 0.258.